The van der Waals surface area contributed by atoms with E-state index in [-0.39, 0.29) is 17.0 Å². The maximum absolute atomic E-state index is 13.3. The normalized spacial score (nSPS) is 17.1. The SMILES string of the molecule is O=C1CCCC2=C1[C@@H](c1cccc(Br)c1)c1c(nc(SCc3ccc([N+](=O)[O-])cc3)[nH]c1=O)N2. The summed E-state index contributed by atoms with van der Waals surface area (Å²) in [5, 5.41) is 14.6. The van der Waals surface area contributed by atoms with Gasteiger partial charge in [0, 0.05) is 46.0 Å². The molecule has 5 rings (SSSR count). The van der Waals surface area contributed by atoms with Gasteiger partial charge in [-0.25, -0.2) is 4.98 Å². The van der Waals surface area contributed by atoms with Crippen LogP contribution < -0.4 is 10.9 Å². The molecule has 0 saturated heterocycles. The lowest BCUT2D eigenvalue weighted by atomic mass is 9.76. The molecule has 2 aromatic carbocycles. The molecule has 0 bridgehead atoms. The average Bonchev–Trinajstić information content (AvgIpc) is 2.82. The van der Waals surface area contributed by atoms with Crippen molar-refractivity contribution in [3.63, 3.8) is 0 Å². The number of nitrogens with zero attached hydrogens (tertiary/aromatic N) is 2. The topological polar surface area (TPSA) is 118 Å². The number of aromatic nitrogens is 2. The molecule has 2 aliphatic rings. The summed E-state index contributed by atoms with van der Waals surface area (Å²) in [5.74, 6) is 0.525. The molecule has 0 saturated carbocycles. The molecular formula is C24H19BrN4O4S. The number of carbonyl (C=O) groups is 1. The van der Waals surface area contributed by atoms with Crippen LogP contribution in [0.25, 0.3) is 0 Å². The van der Waals surface area contributed by atoms with Crippen LogP contribution in [0.15, 0.2) is 74.2 Å². The number of nitrogens with one attached hydrogen (secondary N) is 2. The highest BCUT2D eigenvalue weighted by atomic mass is 79.9. The number of carbonyl (C=O) groups excluding carboxylic acids is 1. The van der Waals surface area contributed by atoms with Crippen molar-refractivity contribution in [1.29, 1.82) is 0 Å². The van der Waals surface area contributed by atoms with Gasteiger partial charge >= 0.3 is 0 Å². The van der Waals surface area contributed by atoms with Gasteiger partial charge in [-0.05, 0) is 36.1 Å². The van der Waals surface area contributed by atoms with Crippen LogP contribution in [0.1, 0.15) is 41.9 Å². The first-order valence-electron chi connectivity index (χ1n) is 10.7. The quantitative estimate of drug-likeness (QED) is 0.196. The molecule has 0 fully saturated rings. The molecule has 172 valence electrons. The van der Waals surface area contributed by atoms with Crippen molar-refractivity contribution in [2.45, 2.75) is 36.1 Å². The van der Waals surface area contributed by atoms with Crippen molar-refractivity contribution in [3.05, 3.63) is 101 Å². The Kier molecular flexibility index (Phi) is 6.09. The van der Waals surface area contributed by atoms with Crippen molar-refractivity contribution in [1.82, 2.24) is 9.97 Å². The number of nitro groups is 1. The Morgan fingerprint density at radius 3 is 2.68 bits per heavy atom. The Labute approximate surface area is 207 Å². The first kappa shape index (κ1) is 22.5. The van der Waals surface area contributed by atoms with Crippen LogP contribution in [0, 0.1) is 10.1 Å². The molecule has 3 aromatic rings. The van der Waals surface area contributed by atoms with Gasteiger partial charge in [-0.1, -0.05) is 52.0 Å². The summed E-state index contributed by atoms with van der Waals surface area (Å²) in [6.45, 7) is 0. The standard InChI is InChI=1S/C24H19BrN4O4S/c25-15-4-1-3-14(11-15)19-20-17(5-2-6-18(20)30)26-22-21(19)23(31)28-24(27-22)34-12-13-7-9-16(10-8-13)29(32)33/h1,3-4,7-11,19H,2,5-6,12H2,(H2,26,27,28,31)/t19-/m1/s1. The number of thioether (sulfide) groups is 1. The molecule has 1 aliphatic heterocycles. The van der Waals surface area contributed by atoms with Crippen molar-refractivity contribution < 1.29 is 9.72 Å². The Balaban J connectivity index is 1.50. The van der Waals surface area contributed by atoms with Crippen LogP contribution in [0.5, 0.6) is 0 Å². The van der Waals surface area contributed by atoms with Gasteiger partial charge in [-0.15, -0.1) is 0 Å². The number of benzene rings is 2. The molecule has 1 aromatic heterocycles. The molecule has 2 heterocycles. The van der Waals surface area contributed by atoms with Gasteiger partial charge < -0.3 is 10.3 Å². The lowest BCUT2D eigenvalue weighted by molar-refractivity contribution is -0.384. The Morgan fingerprint density at radius 1 is 1.15 bits per heavy atom. The molecule has 2 N–H and O–H groups in total. The summed E-state index contributed by atoms with van der Waals surface area (Å²) in [5.41, 5.74) is 3.39. The molecular weight excluding hydrogens is 520 g/mol. The Hall–Kier alpha value is -3.24. The number of halogens is 1. The minimum absolute atomic E-state index is 0.0305. The molecule has 0 unspecified atom stereocenters. The number of nitro benzene ring substituents is 1. The third kappa shape index (κ3) is 4.30. The van der Waals surface area contributed by atoms with E-state index in [0.717, 1.165) is 34.1 Å². The fraction of sp³-hybridized carbons (Fsp3) is 0.208. The summed E-state index contributed by atoms with van der Waals surface area (Å²) in [7, 11) is 0. The van der Waals surface area contributed by atoms with Gasteiger partial charge in [-0.2, -0.15) is 0 Å². The van der Waals surface area contributed by atoms with Gasteiger partial charge in [0.25, 0.3) is 11.2 Å². The van der Waals surface area contributed by atoms with E-state index in [1.165, 1.54) is 23.9 Å². The lowest BCUT2D eigenvalue weighted by Gasteiger charge is -2.32. The summed E-state index contributed by atoms with van der Waals surface area (Å²) < 4.78 is 0.871. The smallest absolute Gasteiger partial charge is 0.269 e. The van der Waals surface area contributed by atoms with E-state index in [1.54, 1.807) is 12.1 Å². The number of allylic oxidation sites excluding steroid dienone is 2. The molecule has 0 amide bonds. The number of aromatic amines is 1. The number of non-ortho nitro benzene ring substituents is 1. The predicted octanol–water partition coefficient (Wildman–Crippen LogP) is 5.30. The second kappa shape index (κ2) is 9.19. The molecule has 1 aliphatic carbocycles. The Bertz CT molecular complexity index is 1400. The van der Waals surface area contributed by atoms with Gasteiger partial charge in [0.1, 0.15) is 5.82 Å². The third-order valence-electron chi connectivity index (χ3n) is 5.94. The molecule has 0 spiro atoms. The van der Waals surface area contributed by atoms with Gasteiger partial charge in [0.05, 0.1) is 10.5 Å². The highest BCUT2D eigenvalue weighted by Crippen LogP contribution is 2.43. The van der Waals surface area contributed by atoms with Gasteiger partial charge in [0.2, 0.25) is 0 Å². The van der Waals surface area contributed by atoms with Gasteiger partial charge in [-0.3, -0.25) is 19.7 Å². The van der Waals surface area contributed by atoms with E-state index in [9.17, 15) is 19.7 Å². The summed E-state index contributed by atoms with van der Waals surface area (Å²) in [6.07, 6.45) is 1.95. The van der Waals surface area contributed by atoms with Crippen molar-refractivity contribution >= 4 is 45.0 Å². The molecule has 0 radical (unpaired) electrons. The van der Waals surface area contributed by atoms with Crippen LogP contribution in [0.2, 0.25) is 0 Å². The first-order chi connectivity index (χ1) is 16.4. The zero-order valence-corrected chi connectivity index (χ0v) is 20.2. The molecule has 8 nitrogen and oxygen atoms in total. The number of rotatable bonds is 5. The zero-order valence-electron chi connectivity index (χ0n) is 17.8. The van der Waals surface area contributed by atoms with E-state index >= 15 is 0 Å². The van der Waals surface area contributed by atoms with Crippen molar-refractivity contribution in [2.24, 2.45) is 0 Å². The average molecular weight is 539 g/mol. The summed E-state index contributed by atoms with van der Waals surface area (Å²) in [6, 6.07) is 13.9. The highest BCUT2D eigenvalue weighted by Gasteiger charge is 2.37. The fourth-order valence-corrected chi connectivity index (χ4v) is 5.63. The third-order valence-corrected chi connectivity index (χ3v) is 7.38. The fourth-order valence-electron chi connectivity index (χ4n) is 4.39. The van der Waals surface area contributed by atoms with Gasteiger partial charge in [0.15, 0.2) is 10.9 Å². The maximum Gasteiger partial charge on any atom is 0.269 e. The van der Waals surface area contributed by atoms with E-state index in [4.69, 9.17) is 0 Å². The largest absolute Gasteiger partial charge is 0.343 e. The molecule has 34 heavy (non-hydrogen) atoms. The number of hydrogen-bond acceptors (Lipinski definition) is 7. The van der Waals surface area contributed by atoms with Crippen LogP contribution in [-0.2, 0) is 10.5 Å². The van der Waals surface area contributed by atoms with Crippen molar-refractivity contribution in [3.8, 4) is 0 Å². The first-order valence-corrected chi connectivity index (χ1v) is 12.5. The van der Waals surface area contributed by atoms with E-state index < -0.39 is 10.8 Å². The minimum atomic E-state index is -0.485. The molecule has 1 atom stereocenters. The minimum Gasteiger partial charge on any atom is -0.343 e. The van der Waals surface area contributed by atoms with Crippen LogP contribution in [-0.4, -0.2) is 20.7 Å². The highest BCUT2D eigenvalue weighted by molar-refractivity contribution is 9.10. The number of fused-ring (bicyclic) bond motifs is 1. The second-order valence-electron chi connectivity index (χ2n) is 8.13. The number of ketones is 1. The van der Waals surface area contributed by atoms with Crippen molar-refractivity contribution in [2.75, 3.05) is 5.32 Å². The number of H-pyrrole nitrogens is 1. The van der Waals surface area contributed by atoms with Crippen LogP contribution in [0.4, 0.5) is 11.5 Å². The number of anilines is 1. The van der Waals surface area contributed by atoms with E-state index in [1.807, 2.05) is 24.3 Å². The molecule has 10 heteroatoms. The number of hydrogen-bond donors (Lipinski definition) is 2. The predicted molar refractivity (Wildman–Crippen MR) is 133 cm³/mol. The summed E-state index contributed by atoms with van der Waals surface area (Å²) in [4.78, 5) is 44.2. The second-order valence-corrected chi connectivity index (χ2v) is 10.0. The number of Topliss-reactive ketones (excluding diaryl/α,β-unsaturated/α-hetero) is 1. The zero-order chi connectivity index (χ0) is 23.8. The summed E-state index contributed by atoms with van der Waals surface area (Å²) >= 11 is 4.84. The maximum atomic E-state index is 13.3. The van der Waals surface area contributed by atoms with Crippen LogP contribution in [0.3, 0.4) is 0 Å². The monoisotopic (exact) mass is 538 g/mol. The van der Waals surface area contributed by atoms with Crippen LogP contribution >= 0.6 is 27.7 Å². The Morgan fingerprint density at radius 2 is 1.94 bits per heavy atom. The van der Waals surface area contributed by atoms with E-state index in [2.05, 4.69) is 31.2 Å². The van der Waals surface area contributed by atoms with E-state index in [0.29, 0.717) is 34.3 Å². The lowest BCUT2D eigenvalue weighted by Crippen LogP contribution is -2.32.